The number of aryl methyl sites for hydroxylation is 2. The Balaban J connectivity index is 2.19. The lowest BCUT2D eigenvalue weighted by molar-refractivity contribution is 0.0936. The zero-order chi connectivity index (χ0) is 14.9. The molecule has 1 atom stereocenters. The lowest BCUT2D eigenvalue weighted by Gasteiger charge is -2.13. The summed E-state index contributed by atoms with van der Waals surface area (Å²) in [6, 6.07) is 3.72. The number of benzene rings is 1. The second-order valence-corrected chi connectivity index (χ2v) is 5.85. The monoisotopic (exact) mass is 293 g/mol. The van der Waals surface area contributed by atoms with Gasteiger partial charge in [-0.05, 0) is 39.0 Å². The van der Waals surface area contributed by atoms with Gasteiger partial charge in [-0.3, -0.25) is 4.79 Å². The topological polar surface area (TPSA) is 68.0 Å². The van der Waals surface area contributed by atoms with Crippen molar-refractivity contribution in [1.29, 1.82) is 0 Å². The van der Waals surface area contributed by atoms with Crippen molar-refractivity contribution >= 4 is 22.9 Å². The fraction of sp³-hybridized carbons (Fsp3) is 0.286. The van der Waals surface area contributed by atoms with Crippen LogP contribution in [0, 0.1) is 19.7 Å². The number of amides is 1. The minimum atomic E-state index is -0.582. The predicted octanol–water partition coefficient (Wildman–Crippen LogP) is 2.97. The van der Waals surface area contributed by atoms with Gasteiger partial charge < -0.3 is 11.1 Å². The van der Waals surface area contributed by atoms with Crippen LogP contribution in [0.2, 0.25) is 0 Å². The van der Waals surface area contributed by atoms with E-state index in [1.807, 2.05) is 20.8 Å². The second-order valence-electron chi connectivity index (χ2n) is 4.62. The number of nitrogens with one attached hydrogen (secondary N) is 1. The lowest BCUT2D eigenvalue weighted by Crippen LogP contribution is -2.27. The third-order valence-electron chi connectivity index (χ3n) is 2.92. The Morgan fingerprint density at radius 2 is 2.15 bits per heavy atom. The summed E-state index contributed by atoms with van der Waals surface area (Å²) in [6.45, 7) is 5.65. The summed E-state index contributed by atoms with van der Waals surface area (Å²) in [5.41, 5.74) is 6.77. The molecule has 0 saturated carbocycles. The zero-order valence-electron chi connectivity index (χ0n) is 11.5. The van der Waals surface area contributed by atoms with Crippen molar-refractivity contribution < 1.29 is 9.18 Å². The largest absolute Gasteiger partial charge is 0.399 e. The molecule has 0 bridgehead atoms. The van der Waals surface area contributed by atoms with E-state index >= 15 is 0 Å². The van der Waals surface area contributed by atoms with E-state index in [1.165, 1.54) is 29.5 Å². The van der Waals surface area contributed by atoms with Gasteiger partial charge in [0.05, 0.1) is 22.3 Å². The Labute approximate surface area is 120 Å². The van der Waals surface area contributed by atoms with Gasteiger partial charge in [0, 0.05) is 10.6 Å². The van der Waals surface area contributed by atoms with Gasteiger partial charge in [-0.25, -0.2) is 9.37 Å². The SMILES string of the molecule is Cc1nc(C)c(C(C)NC(=O)c2cc(N)ccc2F)s1. The number of thiazole rings is 1. The third kappa shape index (κ3) is 2.96. The summed E-state index contributed by atoms with van der Waals surface area (Å²) in [5, 5.41) is 3.71. The van der Waals surface area contributed by atoms with Crippen LogP contribution in [0.25, 0.3) is 0 Å². The van der Waals surface area contributed by atoms with Gasteiger partial charge in [-0.15, -0.1) is 11.3 Å². The van der Waals surface area contributed by atoms with Crippen LogP contribution in [0.1, 0.15) is 38.9 Å². The van der Waals surface area contributed by atoms with Crippen molar-refractivity contribution in [2.45, 2.75) is 26.8 Å². The Morgan fingerprint density at radius 1 is 1.45 bits per heavy atom. The molecule has 0 radical (unpaired) electrons. The Kier molecular flexibility index (Phi) is 4.04. The Hall–Kier alpha value is -1.95. The highest BCUT2D eigenvalue weighted by Crippen LogP contribution is 2.25. The van der Waals surface area contributed by atoms with Crippen LogP contribution in [0.5, 0.6) is 0 Å². The lowest BCUT2D eigenvalue weighted by atomic mass is 10.1. The van der Waals surface area contributed by atoms with Gasteiger partial charge in [0.1, 0.15) is 5.82 Å². The molecule has 1 aromatic heterocycles. The number of nitrogen functional groups attached to an aromatic ring is 1. The maximum atomic E-state index is 13.6. The van der Waals surface area contributed by atoms with Crippen LogP contribution in [-0.2, 0) is 0 Å². The maximum absolute atomic E-state index is 13.6. The van der Waals surface area contributed by atoms with Gasteiger partial charge in [0.2, 0.25) is 0 Å². The number of halogens is 1. The second kappa shape index (κ2) is 5.58. The van der Waals surface area contributed by atoms with E-state index in [1.54, 1.807) is 0 Å². The van der Waals surface area contributed by atoms with Crippen LogP contribution in [-0.4, -0.2) is 10.9 Å². The number of carbonyl (C=O) groups is 1. The summed E-state index contributed by atoms with van der Waals surface area (Å²) in [4.78, 5) is 17.4. The number of aromatic nitrogens is 1. The molecule has 20 heavy (non-hydrogen) atoms. The van der Waals surface area contributed by atoms with Crippen molar-refractivity contribution in [3.05, 3.63) is 45.2 Å². The summed E-state index contributed by atoms with van der Waals surface area (Å²) in [6.07, 6.45) is 0. The van der Waals surface area contributed by atoms with Crippen molar-refractivity contribution in [1.82, 2.24) is 10.3 Å². The van der Waals surface area contributed by atoms with E-state index in [0.717, 1.165) is 15.6 Å². The molecule has 1 aromatic carbocycles. The van der Waals surface area contributed by atoms with Crippen molar-refractivity contribution in [2.24, 2.45) is 0 Å². The van der Waals surface area contributed by atoms with Crippen molar-refractivity contribution in [3.8, 4) is 0 Å². The highest BCUT2D eigenvalue weighted by Gasteiger charge is 2.18. The molecule has 4 nitrogen and oxygen atoms in total. The van der Waals surface area contributed by atoms with Crippen LogP contribution in [0.15, 0.2) is 18.2 Å². The molecular weight excluding hydrogens is 277 g/mol. The number of hydrogen-bond acceptors (Lipinski definition) is 4. The quantitative estimate of drug-likeness (QED) is 0.855. The zero-order valence-corrected chi connectivity index (χ0v) is 12.3. The molecule has 1 unspecified atom stereocenters. The van der Waals surface area contributed by atoms with Gasteiger partial charge in [-0.1, -0.05) is 0 Å². The first kappa shape index (κ1) is 14.5. The molecule has 0 aliphatic heterocycles. The van der Waals surface area contributed by atoms with Gasteiger partial charge in [0.15, 0.2) is 0 Å². The van der Waals surface area contributed by atoms with E-state index in [0.29, 0.717) is 5.69 Å². The molecule has 0 fully saturated rings. The van der Waals surface area contributed by atoms with Gasteiger partial charge >= 0.3 is 0 Å². The molecule has 1 amide bonds. The normalized spacial score (nSPS) is 12.2. The van der Waals surface area contributed by atoms with Gasteiger partial charge in [0.25, 0.3) is 5.91 Å². The van der Waals surface area contributed by atoms with Crippen LogP contribution >= 0.6 is 11.3 Å². The third-order valence-corrected chi connectivity index (χ3v) is 4.17. The average molecular weight is 293 g/mol. The highest BCUT2D eigenvalue weighted by atomic mass is 32.1. The summed E-state index contributed by atoms with van der Waals surface area (Å²) in [5.74, 6) is -1.06. The molecule has 6 heteroatoms. The standard InChI is InChI=1S/C14H16FN3OS/c1-7-13(20-9(3)17-7)8(2)18-14(19)11-6-10(16)4-5-12(11)15/h4-6,8H,16H2,1-3H3,(H,18,19). The first-order valence-electron chi connectivity index (χ1n) is 6.18. The number of carbonyl (C=O) groups excluding carboxylic acids is 1. The van der Waals surface area contributed by atoms with E-state index in [-0.39, 0.29) is 11.6 Å². The van der Waals surface area contributed by atoms with Crippen LogP contribution in [0.4, 0.5) is 10.1 Å². The average Bonchev–Trinajstić information content (AvgIpc) is 2.71. The Morgan fingerprint density at radius 3 is 2.75 bits per heavy atom. The first-order valence-corrected chi connectivity index (χ1v) is 7.00. The fourth-order valence-corrected chi connectivity index (χ4v) is 2.94. The molecule has 3 N–H and O–H groups in total. The first-order chi connectivity index (χ1) is 9.38. The summed E-state index contributed by atoms with van der Waals surface area (Å²) >= 11 is 1.52. The number of nitrogens with two attached hydrogens (primary N) is 1. The van der Waals surface area contributed by atoms with E-state index in [2.05, 4.69) is 10.3 Å². The summed E-state index contributed by atoms with van der Waals surface area (Å²) in [7, 11) is 0. The number of anilines is 1. The van der Waals surface area contributed by atoms with E-state index in [4.69, 9.17) is 5.73 Å². The summed E-state index contributed by atoms with van der Waals surface area (Å²) < 4.78 is 13.6. The number of rotatable bonds is 3. The number of hydrogen-bond donors (Lipinski definition) is 2. The fourth-order valence-electron chi connectivity index (χ4n) is 2.01. The number of nitrogens with zero attached hydrogens (tertiary/aromatic N) is 1. The van der Waals surface area contributed by atoms with E-state index in [9.17, 15) is 9.18 Å². The van der Waals surface area contributed by atoms with Crippen LogP contribution in [0.3, 0.4) is 0 Å². The minimum Gasteiger partial charge on any atom is -0.399 e. The van der Waals surface area contributed by atoms with Crippen molar-refractivity contribution in [2.75, 3.05) is 5.73 Å². The minimum absolute atomic E-state index is 0.0456. The molecule has 0 aliphatic carbocycles. The van der Waals surface area contributed by atoms with Crippen LogP contribution < -0.4 is 11.1 Å². The molecule has 106 valence electrons. The Bertz CT molecular complexity index is 654. The van der Waals surface area contributed by atoms with Gasteiger partial charge in [-0.2, -0.15) is 0 Å². The smallest absolute Gasteiger partial charge is 0.254 e. The maximum Gasteiger partial charge on any atom is 0.254 e. The predicted molar refractivity (Wildman–Crippen MR) is 78.3 cm³/mol. The van der Waals surface area contributed by atoms with Crippen molar-refractivity contribution in [3.63, 3.8) is 0 Å². The molecule has 2 rings (SSSR count). The molecule has 1 heterocycles. The molecule has 0 spiro atoms. The molecular formula is C14H16FN3OS. The molecule has 0 saturated heterocycles. The molecule has 0 aliphatic rings. The molecule has 2 aromatic rings. The van der Waals surface area contributed by atoms with E-state index < -0.39 is 11.7 Å². The highest BCUT2D eigenvalue weighted by molar-refractivity contribution is 7.11.